The van der Waals surface area contributed by atoms with Gasteiger partial charge in [-0.05, 0) is 55.7 Å². The first-order valence-corrected chi connectivity index (χ1v) is 9.26. The van der Waals surface area contributed by atoms with Crippen molar-refractivity contribution in [2.75, 3.05) is 6.61 Å². The third kappa shape index (κ3) is 3.60. The van der Waals surface area contributed by atoms with Crippen LogP contribution in [0.2, 0.25) is 0 Å². The maximum atomic E-state index is 12.6. The van der Waals surface area contributed by atoms with E-state index in [-0.39, 0.29) is 5.56 Å². The molecule has 0 saturated carbocycles. The molecule has 0 amide bonds. The number of aromatic nitrogens is 2. The predicted octanol–water partition coefficient (Wildman–Crippen LogP) is 4.46. The molecule has 1 aromatic carbocycles. The van der Waals surface area contributed by atoms with Crippen molar-refractivity contribution in [3.05, 3.63) is 55.9 Å². The number of rotatable bonds is 6. The van der Waals surface area contributed by atoms with Crippen LogP contribution in [0.5, 0.6) is 5.75 Å². The average Bonchev–Trinajstić information content (AvgIpc) is 2.97. The van der Waals surface area contributed by atoms with Crippen molar-refractivity contribution >= 4 is 33.8 Å². The van der Waals surface area contributed by atoms with Crippen LogP contribution in [0.3, 0.4) is 0 Å². The molecule has 4 nitrogen and oxygen atoms in total. The summed E-state index contributed by atoms with van der Waals surface area (Å²) < 4.78 is 7.85. The highest BCUT2D eigenvalue weighted by molar-refractivity contribution is 7.71. The van der Waals surface area contributed by atoms with Gasteiger partial charge in [0, 0.05) is 11.4 Å². The summed E-state index contributed by atoms with van der Waals surface area (Å²) in [6.07, 6.45) is 1.64. The smallest absolute Gasteiger partial charge is 0.263 e. The summed E-state index contributed by atoms with van der Waals surface area (Å²) in [4.78, 5) is 17.9. The van der Waals surface area contributed by atoms with E-state index in [9.17, 15) is 4.79 Å². The van der Waals surface area contributed by atoms with Crippen molar-refractivity contribution in [2.24, 2.45) is 0 Å². The van der Waals surface area contributed by atoms with E-state index in [0.717, 1.165) is 28.8 Å². The minimum atomic E-state index is -0.0137. The molecule has 0 aliphatic heterocycles. The second-order valence-electron chi connectivity index (χ2n) is 5.71. The number of nitrogens with one attached hydrogen (secondary N) is 1. The topological polar surface area (TPSA) is 47.0 Å². The number of aryl methyl sites for hydroxylation is 2. The Morgan fingerprint density at radius 1 is 1.33 bits per heavy atom. The van der Waals surface area contributed by atoms with Crippen molar-refractivity contribution in [3.8, 4) is 5.75 Å². The fraction of sp³-hybridized carbons (Fsp3) is 0.333. The van der Waals surface area contributed by atoms with Gasteiger partial charge in [0.2, 0.25) is 0 Å². The lowest BCUT2D eigenvalue weighted by Gasteiger charge is -2.08. The Labute approximate surface area is 149 Å². The van der Waals surface area contributed by atoms with E-state index >= 15 is 0 Å². The molecule has 126 valence electrons. The highest BCUT2D eigenvalue weighted by Gasteiger charge is 2.09. The van der Waals surface area contributed by atoms with Gasteiger partial charge in [0.25, 0.3) is 5.56 Å². The van der Waals surface area contributed by atoms with Crippen LogP contribution in [0.15, 0.2) is 35.1 Å². The Morgan fingerprint density at radius 2 is 2.17 bits per heavy atom. The van der Waals surface area contributed by atoms with E-state index < -0.39 is 0 Å². The van der Waals surface area contributed by atoms with E-state index in [2.05, 4.69) is 11.9 Å². The molecule has 0 aliphatic rings. The lowest BCUT2D eigenvalue weighted by atomic mass is 10.2. The van der Waals surface area contributed by atoms with Crippen molar-refractivity contribution in [3.63, 3.8) is 0 Å². The van der Waals surface area contributed by atoms with Crippen molar-refractivity contribution < 1.29 is 4.74 Å². The zero-order valence-corrected chi connectivity index (χ0v) is 15.4. The van der Waals surface area contributed by atoms with Gasteiger partial charge in [-0.25, -0.2) is 0 Å². The molecular formula is C18H20N2O2S2. The van der Waals surface area contributed by atoms with Gasteiger partial charge < -0.3 is 9.72 Å². The first-order chi connectivity index (χ1) is 11.6. The van der Waals surface area contributed by atoms with Crippen LogP contribution < -0.4 is 10.3 Å². The molecule has 24 heavy (non-hydrogen) atoms. The third-order valence-corrected chi connectivity index (χ3v) is 5.37. The van der Waals surface area contributed by atoms with Gasteiger partial charge in [0.05, 0.1) is 12.0 Å². The van der Waals surface area contributed by atoms with Crippen LogP contribution in [0.4, 0.5) is 0 Å². The summed E-state index contributed by atoms with van der Waals surface area (Å²) in [5.74, 6) is 0.855. The number of nitrogens with zero attached hydrogens (tertiary/aromatic N) is 1. The second kappa shape index (κ2) is 7.32. The Kier molecular flexibility index (Phi) is 5.16. The van der Waals surface area contributed by atoms with E-state index in [1.807, 2.05) is 37.3 Å². The van der Waals surface area contributed by atoms with Crippen LogP contribution in [0, 0.1) is 11.7 Å². The van der Waals surface area contributed by atoms with Crippen LogP contribution in [0.25, 0.3) is 10.2 Å². The predicted molar refractivity (Wildman–Crippen MR) is 102 cm³/mol. The lowest BCUT2D eigenvalue weighted by molar-refractivity contribution is 0.300. The number of ether oxygens (including phenoxy) is 1. The highest BCUT2D eigenvalue weighted by Crippen LogP contribution is 2.21. The van der Waals surface area contributed by atoms with Gasteiger partial charge in [-0.15, -0.1) is 11.3 Å². The molecule has 1 N–H and O–H groups in total. The normalized spacial score (nSPS) is 11.1. The molecule has 6 heteroatoms. The molecule has 0 fully saturated rings. The summed E-state index contributed by atoms with van der Waals surface area (Å²) in [7, 11) is 0. The van der Waals surface area contributed by atoms with Crippen molar-refractivity contribution in [1.29, 1.82) is 0 Å². The Balaban J connectivity index is 1.71. The summed E-state index contributed by atoms with van der Waals surface area (Å²) in [6.45, 7) is 5.21. The number of hydrogen-bond donors (Lipinski definition) is 1. The van der Waals surface area contributed by atoms with Gasteiger partial charge in [-0.3, -0.25) is 9.36 Å². The summed E-state index contributed by atoms with van der Waals surface area (Å²) in [5, 5.41) is 0.727. The number of hydrogen-bond acceptors (Lipinski definition) is 4. The third-order valence-electron chi connectivity index (χ3n) is 3.86. The zero-order chi connectivity index (χ0) is 17.1. The molecule has 0 bridgehead atoms. The maximum absolute atomic E-state index is 12.6. The fourth-order valence-electron chi connectivity index (χ4n) is 2.59. The van der Waals surface area contributed by atoms with Crippen molar-refractivity contribution in [1.82, 2.24) is 9.55 Å². The first-order valence-electron chi connectivity index (χ1n) is 8.03. The number of thiophene rings is 1. The first kappa shape index (κ1) is 16.9. The van der Waals surface area contributed by atoms with Crippen LogP contribution in [-0.2, 0) is 13.0 Å². The van der Waals surface area contributed by atoms with Crippen LogP contribution >= 0.6 is 23.6 Å². The number of aromatic amines is 1. The molecule has 0 aliphatic carbocycles. The van der Waals surface area contributed by atoms with E-state index in [0.29, 0.717) is 17.9 Å². The Hall–Kier alpha value is -1.92. The van der Waals surface area contributed by atoms with Crippen LogP contribution in [-0.4, -0.2) is 16.2 Å². The molecule has 3 aromatic rings. The molecule has 0 atom stereocenters. The fourth-order valence-corrected chi connectivity index (χ4v) is 3.92. The van der Waals surface area contributed by atoms with Gasteiger partial charge in [0.15, 0.2) is 4.77 Å². The van der Waals surface area contributed by atoms with E-state index in [4.69, 9.17) is 17.0 Å². The number of fused-ring (bicyclic) bond motifs is 1. The molecule has 3 rings (SSSR count). The molecule has 2 heterocycles. The lowest BCUT2D eigenvalue weighted by Crippen LogP contribution is -2.22. The number of benzene rings is 1. The largest absolute Gasteiger partial charge is 0.494 e. The minimum absolute atomic E-state index is 0.0137. The molecule has 0 radical (unpaired) electrons. The quantitative estimate of drug-likeness (QED) is 0.521. The molecule has 0 saturated heterocycles. The van der Waals surface area contributed by atoms with Gasteiger partial charge in [-0.1, -0.05) is 19.1 Å². The van der Waals surface area contributed by atoms with Crippen molar-refractivity contribution in [2.45, 2.75) is 33.2 Å². The Morgan fingerprint density at radius 3 is 2.92 bits per heavy atom. The average molecular weight is 361 g/mol. The van der Waals surface area contributed by atoms with Gasteiger partial charge in [0.1, 0.15) is 10.6 Å². The molecule has 2 aromatic heterocycles. The van der Waals surface area contributed by atoms with Gasteiger partial charge >= 0.3 is 0 Å². The van der Waals surface area contributed by atoms with E-state index in [1.165, 1.54) is 10.4 Å². The van der Waals surface area contributed by atoms with Crippen LogP contribution in [0.1, 0.15) is 23.8 Å². The monoisotopic (exact) mass is 360 g/mol. The standard InChI is InChI=1S/C18H20N2O2S2/c1-3-14-11-15-16(24-14)19-18(23)20(17(15)21)8-5-9-22-13-7-4-6-12(2)10-13/h4,6-7,10-11H,3,5,8-9H2,1-2H3,(H,19,23). The Bertz CT molecular complexity index is 969. The van der Waals surface area contributed by atoms with Gasteiger partial charge in [-0.2, -0.15) is 0 Å². The summed E-state index contributed by atoms with van der Waals surface area (Å²) >= 11 is 6.95. The zero-order valence-electron chi connectivity index (χ0n) is 13.8. The molecular weight excluding hydrogens is 340 g/mol. The maximum Gasteiger partial charge on any atom is 0.263 e. The van der Waals surface area contributed by atoms with E-state index in [1.54, 1.807) is 15.9 Å². The summed E-state index contributed by atoms with van der Waals surface area (Å²) in [5.41, 5.74) is 1.15. The molecule has 0 spiro atoms. The minimum Gasteiger partial charge on any atom is -0.494 e. The SMILES string of the molecule is CCc1cc2c(=O)n(CCCOc3cccc(C)c3)c(=S)[nH]c2s1. The summed E-state index contributed by atoms with van der Waals surface area (Å²) in [6, 6.07) is 9.91. The molecule has 0 unspecified atom stereocenters. The second-order valence-corrected chi connectivity index (χ2v) is 7.24. The highest BCUT2D eigenvalue weighted by atomic mass is 32.1. The number of H-pyrrole nitrogens is 1.